The second kappa shape index (κ2) is 3.82. The molecule has 72 valence electrons. The Bertz CT molecular complexity index is 383. The largest absolute Gasteiger partial charge is 0.411 e. The van der Waals surface area contributed by atoms with Crippen LogP contribution in [0, 0.1) is 6.92 Å². The Morgan fingerprint density at radius 3 is 2.79 bits per heavy atom. The molecule has 0 saturated heterocycles. The first-order valence-corrected chi connectivity index (χ1v) is 4.12. The van der Waals surface area contributed by atoms with Gasteiger partial charge in [-0.3, -0.25) is 0 Å². The molecule has 0 saturated carbocycles. The number of aryl methyl sites for hydroxylation is 1. The Morgan fingerprint density at radius 2 is 2.14 bits per heavy atom. The van der Waals surface area contributed by atoms with Gasteiger partial charge in [0.25, 0.3) is 0 Å². The SMILES string of the molecule is Cc1ncc(CNc2nnco2)cn1. The van der Waals surface area contributed by atoms with Gasteiger partial charge in [-0.2, -0.15) is 0 Å². The molecule has 0 aliphatic heterocycles. The van der Waals surface area contributed by atoms with Gasteiger partial charge in [-0.25, -0.2) is 9.97 Å². The fourth-order valence-corrected chi connectivity index (χ4v) is 0.938. The van der Waals surface area contributed by atoms with Gasteiger partial charge < -0.3 is 9.73 Å². The third-order valence-electron chi connectivity index (χ3n) is 1.64. The van der Waals surface area contributed by atoms with Crippen molar-refractivity contribution in [3.63, 3.8) is 0 Å². The Morgan fingerprint density at radius 1 is 1.36 bits per heavy atom. The summed E-state index contributed by atoms with van der Waals surface area (Å²) in [5, 5.41) is 10.2. The molecule has 0 fully saturated rings. The van der Waals surface area contributed by atoms with Gasteiger partial charge in [-0.15, -0.1) is 5.10 Å². The van der Waals surface area contributed by atoms with Gasteiger partial charge in [-0.1, -0.05) is 5.10 Å². The molecule has 0 radical (unpaired) electrons. The number of aromatic nitrogens is 4. The Kier molecular flexibility index (Phi) is 2.35. The van der Waals surface area contributed by atoms with E-state index in [1.165, 1.54) is 6.39 Å². The van der Waals surface area contributed by atoms with Crippen LogP contribution in [-0.2, 0) is 6.54 Å². The van der Waals surface area contributed by atoms with E-state index in [-0.39, 0.29) is 0 Å². The molecule has 2 heterocycles. The molecular formula is C8H9N5O. The highest BCUT2D eigenvalue weighted by molar-refractivity contribution is 5.19. The van der Waals surface area contributed by atoms with Crippen molar-refractivity contribution in [3.8, 4) is 0 Å². The molecule has 0 aliphatic rings. The minimum atomic E-state index is 0.394. The van der Waals surface area contributed by atoms with Crippen LogP contribution in [-0.4, -0.2) is 20.2 Å². The van der Waals surface area contributed by atoms with Crippen LogP contribution in [0.25, 0.3) is 0 Å². The molecule has 0 amide bonds. The molecule has 14 heavy (non-hydrogen) atoms. The van der Waals surface area contributed by atoms with Crippen LogP contribution in [0.4, 0.5) is 6.01 Å². The summed E-state index contributed by atoms with van der Waals surface area (Å²) >= 11 is 0. The molecule has 2 aromatic rings. The lowest BCUT2D eigenvalue weighted by Gasteiger charge is -2.00. The van der Waals surface area contributed by atoms with E-state index in [2.05, 4.69) is 25.5 Å². The van der Waals surface area contributed by atoms with Crippen LogP contribution in [0.1, 0.15) is 11.4 Å². The molecule has 1 N–H and O–H groups in total. The summed E-state index contributed by atoms with van der Waals surface area (Å²) in [7, 11) is 0. The van der Waals surface area contributed by atoms with E-state index in [4.69, 9.17) is 4.42 Å². The van der Waals surface area contributed by atoms with Gasteiger partial charge in [0.1, 0.15) is 5.82 Å². The van der Waals surface area contributed by atoms with Crippen molar-refractivity contribution in [1.29, 1.82) is 0 Å². The van der Waals surface area contributed by atoms with Crippen molar-refractivity contribution in [2.45, 2.75) is 13.5 Å². The first-order chi connectivity index (χ1) is 6.84. The average Bonchev–Trinajstić information content (AvgIpc) is 2.70. The Labute approximate surface area is 80.4 Å². The van der Waals surface area contributed by atoms with E-state index in [1.807, 2.05) is 6.92 Å². The van der Waals surface area contributed by atoms with E-state index < -0.39 is 0 Å². The quantitative estimate of drug-likeness (QED) is 0.772. The number of hydrogen-bond donors (Lipinski definition) is 1. The van der Waals surface area contributed by atoms with Gasteiger partial charge in [0, 0.05) is 24.5 Å². The lowest BCUT2D eigenvalue weighted by atomic mass is 10.3. The Balaban J connectivity index is 1.95. The van der Waals surface area contributed by atoms with E-state index in [9.17, 15) is 0 Å². The number of nitrogens with one attached hydrogen (secondary N) is 1. The van der Waals surface area contributed by atoms with Gasteiger partial charge >= 0.3 is 6.01 Å². The minimum Gasteiger partial charge on any atom is -0.411 e. The third-order valence-corrected chi connectivity index (χ3v) is 1.64. The topological polar surface area (TPSA) is 76.7 Å². The lowest BCUT2D eigenvalue weighted by molar-refractivity contribution is 0.565. The standard InChI is InChI=1S/C8H9N5O/c1-6-9-2-7(3-10-6)4-11-8-13-12-5-14-8/h2-3,5H,4H2,1H3,(H,11,13). The van der Waals surface area contributed by atoms with E-state index >= 15 is 0 Å². The summed E-state index contributed by atoms with van der Waals surface area (Å²) in [6.45, 7) is 2.41. The predicted octanol–water partition coefficient (Wildman–Crippen LogP) is 0.780. The van der Waals surface area contributed by atoms with E-state index in [0.29, 0.717) is 12.6 Å². The molecule has 2 rings (SSSR count). The molecule has 0 unspecified atom stereocenters. The van der Waals surface area contributed by atoms with Gasteiger partial charge in [0.05, 0.1) is 0 Å². The van der Waals surface area contributed by atoms with E-state index in [0.717, 1.165) is 11.4 Å². The minimum absolute atomic E-state index is 0.394. The zero-order valence-electron chi connectivity index (χ0n) is 7.64. The summed E-state index contributed by atoms with van der Waals surface area (Å²) in [4.78, 5) is 8.12. The van der Waals surface area contributed by atoms with Crippen LogP contribution in [0.5, 0.6) is 0 Å². The van der Waals surface area contributed by atoms with Crippen molar-refractivity contribution in [3.05, 3.63) is 30.2 Å². The first kappa shape index (κ1) is 8.61. The zero-order valence-corrected chi connectivity index (χ0v) is 7.64. The fourth-order valence-electron chi connectivity index (χ4n) is 0.938. The number of rotatable bonds is 3. The number of anilines is 1. The molecule has 0 atom stereocenters. The number of nitrogens with zero attached hydrogens (tertiary/aromatic N) is 4. The summed E-state index contributed by atoms with van der Waals surface area (Å²) in [5.41, 5.74) is 0.966. The van der Waals surface area contributed by atoms with Crippen molar-refractivity contribution in [2.24, 2.45) is 0 Å². The second-order valence-corrected chi connectivity index (χ2v) is 2.74. The molecule has 6 nitrogen and oxygen atoms in total. The Hall–Kier alpha value is -1.98. The average molecular weight is 191 g/mol. The maximum Gasteiger partial charge on any atom is 0.315 e. The lowest BCUT2D eigenvalue weighted by Crippen LogP contribution is -2.01. The van der Waals surface area contributed by atoms with Crippen molar-refractivity contribution < 1.29 is 4.42 Å². The van der Waals surface area contributed by atoms with Gasteiger partial charge in [-0.05, 0) is 6.92 Å². The highest BCUT2D eigenvalue weighted by atomic mass is 16.4. The molecule has 0 aromatic carbocycles. The summed E-state index contributed by atoms with van der Waals surface area (Å²) in [5.74, 6) is 0.756. The second-order valence-electron chi connectivity index (χ2n) is 2.74. The molecule has 6 heteroatoms. The maximum atomic E-state index is 4.90. The van der Waals surface area contributed by atoms with Crippen LogP contribution in [0.15, 0.2) is 23.2 Å². The van der Waals surface area contributed by atoms with Crippen LogP contribution >= 0.6 is 0 Å². The maximum absolute atomic E-state index is 4.90. The summed E-state index contributed by atoms with van der Waals surface area (Å²) in [6, 6.07) is 0.394. The molecule has 0 bridgehead atoms. The third kappa shape index (κ3) is 2.03. The monoisotopic (exact) mass is 191 g/mol. The molecular weight excluding hydrogens is 182 g/mol. The van der Waals surface area contributed by atoms with Crippen LogP contribution in [0.3, 0.4) is 0 Å². The van der Waals surface area contributed by atoms with Crippen LogP contribution < -0.4 is 5.32 Å². The van der Waals surface area contributed by atoms with Gasteiger partial charge in [0.15, 0.2) is 0 Å². The van der Waals surface area contributed by atoms with Gasteiger partial charge in [0.2, 0.25) is 6.39 Å². The highest BCUT2D eigenvalue weighted by Crippen LogP contribution is 2.02. The normalized spacial score (nSPS) is 10.1. The van der Waals surface area contributed by atoms with Crippen molar-refractivity contribution in [2.75, 3.05) is 5.32 Å². The summed E-state index contributed by atoms with van der Waals surface area (Å²) < 4.78 is 4.90. The first-order valence-electron chi connectivity index (χ1n) is 4.12. The molecule has 0 spiro atoms. The van der Waals surface area contributed by atoms with Crippen LogP contribution in [0.2, 0.25) is 0 Å². The molecule has 0 aliphatic carbocycles. The molecule has 2 aromatic heterocycles. The van der Waals surface area contributed by atoms with Crippen molar-refractivity contribution in [1.82, 2.24) is 20.2 Å². The smallest absolute Gasteiger partial charge is 0.315 e. The number of hydrogen-bond acceptors (Lipinski definition) is 6. The summed E-state index contributed by atoms with van der Waals surface area (Å²) in [6.07, 6.45) is 4.78. The predicted molar refractivity (Wildman–Crippen MR) is 48.4 cm³/mol. The fraction of sp³-hybridized carbons (Fsp3) is 0.250. The van der Waals surface area contributed by atoms with Crippen molar-refractivity contribution >= 4 is 6.01 Å². The van der Waals surface area contributed by atoms with E-state index in [1.54, 1.807) is 12.4 Å². The zero-order chi connectivity index (χ0) is 9.80. The highest BCUT2D eigenvalue weighted by Gasteiger charge is 1.98.